The van der Waals surface area contributed by atoms with Gasteiger partial charge in [-0.15, -0.1) is 0 Å². The third-order valence-electron chi connectivity index (χ3n) is 4.69. The first-order valence-electron chi connectivity index (χ1n) is 9.82. The molecule has 0 atom stereocenters. The highest BCUT2D eigenvalue weighted by Crippen LogP contribution is 2.12. The van der Waals surface area contributed by atoms with Gasteiger partial charge in [0.05, 0.1) is 18.0 Å². The Morgan fingerprint density at radius 1 is 1.16 bits per heavy atom. The predicted molar refractivity (Wildman–Crippen MR) is 119 cm³/mol. The van der Waals surface area contributed by atoms with Crippen LogP contribution in [0.2, 0.25) is 0 Å². The van der Waals surface area contributed by atoms with Crippen molar-refractivity contribution in [3.8, 4) is 5.75 Å². The highest BCUT2D eigenvalue weighted by molar-refractivity contribution is 5.93. The van der Waals surface area contributed by atoms with E-state index in [1.54, 1.807) is 49.4 Å². The minimum atomic E-state index is -0.462. The summed E-state index contributed by atoms with van der Waals surface area (Å²) in [5.74, 6) is 0.125. The largest absolute Gasteiger partial charge is 0.497 e. The molecule has 1 heterocycles. The molecule has 160 valence electrons. The number of aromatic nitrogens is 2. The summed E-state index contributed by atoms with van der Waals surface area (Å²) in [5, 5.41) is 3.15. The number of ether oxygens (including phenoxy) is 1. The SMILES string of the molecule is COc1ccc(/C=C/C(=O)N(C)CCCNC(=O)c2nc3ccccc3c(=O)[nH]2)cc1. The Hall–Kier alpha value is -3.94. The molecule has 2 N–H and O–H groups in total. The third kappa shape index (κ3) is 5.79. The Morgan fingerprint density at radius 2 is 1.90 bits per heavy atom. The van der Waals surface area contributed by atoms with Crippen molar-refractivity contribution in [3.05, 3.63) is 76.3 Å². The summed E-state index contributed by atoms with van der Waals surface area (Å²) in [6, 6.07) is 14.2. The van der Waals surface area contributed by atoms with E-state index in [-0.39, 0.29) is 17.3 Å². The van der Waals surface area contributed by atoms with Crippen molar-refractivity contribution in [2.75, 3.05) is 27.2 Å². The van der Waals surface area contributed by atoms with E-state index in [2.05, 4.69) is 15.3 Å². The van der Waals surface area contributed by atoms with Crippen LogP contribution in [0.25, 0.3) is 17.0 Å². The molecule has 0 radical (unpaired) electrons. The van der Waals surface area contributed by atoms with E-state index in [9.17, 15) is 14.4 Å². The van der Waals surface area contributed by atoms with Gasteiger partial charge in [0.25, 0.3) is 11.5 Å². The van der Waals surface area contributed by atoms with Crippen LogP contribution in [-0.2, 0) is 4.79 Å². The molecular weight excluding hydrogens is 396 g/mol. The number of carbonyl (C=O) groups excluding carboxylic acids is 2. The molecule has 0 aliphatic rings. The Labute approximate surface area is 179 Å². The van der Waals surface area contributed by atoms with Crippen LogP contribution in [0, 0.1) is 0 Å². The smallest absolute Gasteiger partial charge is 0.287 e. The fourth-order valence-corrected chi connectivity index (χ4v) is 2.92. The molecule has 0 aliphatic carbocycles. The van der Waals surface area contributed by atoms with Gasteiger partial charge in [-0.1, -0.05) is 24.3 Å². The van der Waals surface area contributed by atoms with Gasteiger partial charge in [-0.05, 0) is 42.3 Å². The number of aromatic amines is 1. The number of para-hydroxylation sites is 1. The lowest BCUT2D eigenvalue weighted by atomic mass is 10.2. The second kappa shape index (κ2) is 10.2. The molecule has 0 spiro atoms. The number of fused-ring (bicyclic) bond motifs is 1. The molecule has 1 aromatic heterocycles. The molecule has 0 fully saturated rings. The summed E-state index contributed by atoms with van der Waals surface area (Å²) in [6.45, 7) is 0.808. The molecule has 0 unspecified atom stereocenters. The van der Waals surface area contributed by atoms with Crippen LogP contribution in [0.3, 0.4) is 0 Å². The first-order valence-corrected chi connectivity index (χ1v) is 9.82. The molecule has 8 nitrogen and oxygen atoms in total. The van der Waals surface area contributed by atoms with Crippen LogP contribution in [-0.4, -0.2) is 53.9 Å². The maximum atomic E-state index is 12.3. The van der Waals surface area contributed by atoms with E-state index in [1.165, 1.54) is 6.08 Å². The lowest BCUT2D eigenvalue weighted by Gasteiger charge is -2.15. The monoisotopic (exact) mass is 420 g/mol. The summed E-state index contributed by atoms with van der Waals surface area (Å²) >= 11 is 0. The average Bonchev–Trinajstić information content (AvgIpc) is 2.80. The van der Waals surface area contributed by atoms with Gasteiger partial charge in [-0.2, -0.15) is 0 Å². The quantitative estimate of drug-likeness (QED) is 0.430. The van der Waals surface area contributed by atoms with Crippen LogP contribution in [0.1, 0.15) is 22.6 Å². The van der Waals surface area contributed by atoms with Gasteiger partial charge in [0, 0.05) is 26.2 Å². The van der Waals surface area contributed by atoms with Crippen molar-refractivity contribution >= 4 is 28.8 Å². The van der Waals surface area contributed by atoms with Gasteiger partial charge in [-0.3, -0.25) is 14.4 Å². The summed E-state index contributed by atoms with van der Waals surface area (Å²) in [5.41, 5.74) is 1.00. The van der Waals surface area contributed by atoms with E-state index in [1.807, 2.05) is 24.3 Å². The number of amides is 2. The number of hydrogen-bond acceptors (Lipinski definition) is 5. The summed E-state index contributed by atoms with van der Waals surface area (Å²) in [4.78, 5) is 44.8. The second-order valence-electron chi connectivity index (χ2n) is 6.91. The third-order valence-corrected chi connectivity index (χ3v) is 4.69. The van der Waals surface area contributed by atoms with Crippen molar-refractivity contribution in [1.29, 1.82) is 0 Å². The predicted octanol–water partition coefficient (Wildman–Crippen LogP) is 2.22. The minimum Gasteiger partial charge on any atom is -0.497 e. The van der Waals surface area contributed by atoms with Crippen LogP contribution in [0.15, 0.2) is 59.4 Å². The van der Waals surface area contributed by atoms with Gasteiger partial charge in [-0.25, -0.2) is 4.98 Å². The number of carbonyl (C=O) groups is 2. The fraction of sp³-hybridized carbons (Fsp3) is 0.217. The average molecular weight is 420 g/mol. The van der Waals surface area contributed by atoms with E-state index < -0.39 is 5.91 Å². The zero-order valence-electron chi connectivity index (χ0n) is 17.4. The van der Waals surface area contributed by atoms with Crippen molar-refractivity contribution in [3.63, 3.8) is 0 Å². The molecule has 31 heavy (non-hydrogen) atoms. The number of methoxy groups -OCH3 is 1. The van der Waals surface area contributed by atoms with Crippen LogP contribution in [0.5, 0.6) is 5.75 Å². The zero-order chi connectivity index (χ0) is 22.2. The molecule has 3 aromatic rings. The maximum Gasteiger partial charge on any atom is 0.287 e. The Kier molecular flexibility index (Phi) is 7.16. The second-order valence-corrected chi connectivity index (χ2v) is 6.91. The van der Waals surface area contributed by atoms with Crippen LogP contribution in [0.4, 0.5) is 0 Å². The van der Waals surface area contributed by atoms with Gasteiger partial charge < -0.3 is 19.9 Å². The van der Waals surface area contributed by atoms with Gasteiger partial charge in [0.1, 0.15) is 5.75 Å². The Morgan fingerprint density at radius 3 is 2.65 bits per heavy atom. The molecule has 2 amide bonds. The lowest BCUT2D eigenvalue weighted by molar-refractivity contribution is -0.124. The van der Waals surface area contributed by atoms with Crippen molar-refractivity contribution < 1.29 is 14.3 Å². The molecule has 2 aromatic carbocycles. The number of nitrogens with zero attached hydrogens (tertiary/aromatic N) is 2. The fourth-order valence-electron chi connectivity index (χ4n) is 2.92. The summed E-state index contributed by atoms with van der Waals surface area (Å²) in [6.07, 6.45) is 3.80. The standard InChI is InChI=1S/C23H24N4O4/c1-27(20(28)13-10-16-8-11-17(31-2)12-9-16)15-5-14-24-23(30)21-25-19-7-4-3-6-18(19)22(29)26-21/h3-4,6-13H,5,14-15H2,1-2H3,(H,24,30)(H,25,26,29)/b13-10+. The van der Waals surface area contributed by atoms with E-state index in [4.69, 9.17) is 4.74 Å². The number of H-pyrrole nitrogens is 1. The molecule has 0 aliphatic heterocycles. The Balaban J connectivity index is 1.46. The molecule has 8 heteroatoms. The normalized spacial score (nSPS) is 10.9. The number of hydrogen-bond donors (Lipinski definition) is 2. The highest BCUT2D eigenvalue weighted by atomic mass is 16.5. The van der Waals surface area contributed by atoms with E-state index in [0.717, 1.165) is 11.3 Å². The number of likely N-dealkylation sites (N-methyl/N-ethyl adjacent to an activating group) is 1. The number of rotatable bonds is 8. The number of benzene rings is 2. The van der Waals surface area contributed by atoms with Crippen molar-refractivity contribution in [2.24, 2.45) is 0 Å². The first kappa shape index (κ1) is 21.8. The van der Waals surface area contributed by atoms with Crippen molar-refractivity contribution in [1.82, 2.24) is 20.2 Å². The lowest BCUT2D eigenvalue weighted by Crippen LogP contribution is -2.32. The molecule has 0 saturated carbocycles. The van der Waals surface area contributed by atoms with Crippen molar-refractivity contribution in [2.45, 2.75) is 6.42 Å². The minimum absolute atomic E-state index is 0.0319. The summed E-state index contributed by atoms with van der Waals surface area (Å²) in [7, 11) is 3.30. The number of nitrogens with one attached hydrogen (secondary N) is 2. The van der Waals surface area contributed by atoms with Gasteiger partial charge in [0.2, 0.25) is 5.91 Å². The van der Waals surface area contributed by atoms with E-state index >= 15 is 0 Å². The van der Waals surface area contributed by atoms with Crippen LogP contribution < -0.4 is 15.6 Å². The molecule has 3 rings (SSSR count). The zero-order valence-corrected chi connectivity index (χ0v) is 17.4. The Bertz CT molecular complexity index is 1150. The van der Waals surface area contributed by atoms with Crippen LogP contribution >= 0.6 is 0 Å². The highest BCUT2D eigenvalue weighted by Gasteiger charge is 2.11. The molecule has 0 bridgehead atoms. The maximum absolute atomic E-state index is 12.3. The molecule has 0 saturated heterocycles. The van der Waals surface area contributed by atoms with Gasteiger partial charge >= 0.3 is 0 Å². The first-order chi connectivity index (χ1) is 15.0. The van der Waals surface area contributed by atoms with Gasteiger partial charge in [0.15, 0.2) is 5.82 Å². The topological polar surface area (TPSA) is 104 Å². The summed E-state index contributed by atoms with van der Waals surface area (Å²) < 4.78 is 5.11. The molecular formula is C23H24N4O4. The van der Waals surface area contributed by atoms with E-state index in [0.29, 0.717) is 30.4 Å².